The first-order valence-corrected chi connectivity index (χ1v) is 6.27. The molecule has 102 valence electrons. The Kier molecular flexibility index (Phi) is 4.68. The first-order valence-electron chi connectivity index (χ1n) is 5.89. The van der Waals surface area contributed by atoms with E-state index in [0.29, 0.717) is 10.6 Å². The lowest BCUT2D eigenvalue weighted by Crippen LogP contribution is -2.40. The van der Waals surface area contributed by atoms with Crippen LogP contribution in [0.5, 0.6) is 5.75 Å². The molecule has 0 saturated heterocycles. The Morgan fingerprint density at radius 3 is 2.85 bits per heavy atom. The first-order chi connectivity index (χ1) is 9.65. The SMILES string of the molecule is O=C(C[n+]1ccccc1)N/N=C\c1cc(Cl)ccc1O. The maximum Gasteiger partial charge on any atom is 0.305 e. The lowest BCUT2D eigenvalue weighted by atomic mass is 10.2. The fraction of sp³-hybridized carbons (Fsp3) is 0.0714. The Hall–Kier alpha value is -2.40. The van der Waals surface area contributed by atoms with Gasteiger partial charge in [0.1, 0.15) is 5.75 Å². The van der Waals surface area contributed by atoms with Crippen LogP contribution in [0.25, 0.3) is 0 Å². The molecule has 0 bridgehead atoms. The summed E-state index contributed by atoms with van der Waals surface area (Å²) in [5.41, 5.74) is 2.82. The van der Waals surface area contributed by atoms with E-state index < -0.39 is 0 Å². The quantitative estimate of drug-likeness (QED) is 0.509. The zero-order chi connectivity index (χ0) is 14.4. The van der Waals surface area contributed by atoms with Crippen LogP contribution in [0.15, 0.2) is 53.9 Å². The van der Waals surface area contributed by atoms with E-state index >= 15 is 0 Å². The summed E-state index contributed by atoms with van der Waals surface area (Å²) in [5.74, 6) is -0.219. The van der Waals surface area contributed by atoms with Gasteiger partial charge < -0.3 is 5.11 Å². The van der Waals surface area contributed by atoms with Crippen molar-refractivity contribution in [3.05, 3.63) is 59.4 Å². The molecule has 1 aromatic heterocycles. The molecular weight excluding hydrogens is 278 g/mol. The maximum atomic E-state index is 11.6. The molecule has 0 aliphatic heterocycles. The molecule has 0 fully saturated rings. The highest BCUT2D eigenvalue weighted by atomic mass is 35.5. The molecule has 1 heterocycles. The molecule has 0 spiro atoms. The van der Waals surface area contributed by atoms with Gasteiger partial charge in [0.25, 0.3) is 0 Å². The number of phenols is 1. The number of halogens is 1. The lowest BCUT2D eigenvalue weighted by Gasteiger charge is -1.99. The molecule has 0 saturated carbocycles. The number of hydrogen-bond acceptors (Lipinski definition) is 3. The summed E-state index contributed by atoms with van der Waals surface area (Å²) in [5, 5.41) is 13.8. The Morgan fingerprint density at radius 1 is 1.35 bits per heavy atom. The van der Waals surface area contributed by atoms with Gasteiger partial charge in [-0.15, -0.1) is 0 Å². The summed E-state index contributed by atoms with van der Waals surface area (Å²) in [6.07, 6.45) is 4.91. The molecule has 2 N–H and O–H groups in total. The number of carbonyl (C=O) groups is 1. The van der Waals surface area contributed by atoms with Crippen LogP contribution in [0.3, 0.4) is 0 Å². The van der Waals surface area contributed by atoms with Gasteiger partial charge in [0.05, 0.1) is 6.21 Å². The Bertz CT molecular complexity index is 630. The van der Waals surface area contributed by atoms with Crippen LogP contribution in [0, 0.1) is 0 Å². The first kappa shape index (κ1) is 14.0. The second-order valence-electron chi connectivity index (χ2n) is 4.04. The molecule has 2 rings (SSSR count). The summed E-state index contributed by atoms with van der Waals surface area (Å²) in [6.45, 7) is 0.166. The van der Waals surface area contributed by atoms with Crippen LogP contribution in [0.2, 0.25) is 5.02 Å². The summed E-state index contributed by atoms with van der Waals surface area (Å²) in [4.78, 5) is 11.6. The standard InChI is InChI=1S/C14H12ClN3O2/c15-12-4-5-13(19)11(8-12)9-16-17-14(20)10-18-6-2-1-3-7-18/h1-9H,10H2,(H-,16,17,19,20)/p+1. The topological polar surface area (TPSA) is 65.6 Å². The zero-order valence-corrected chi connectivity index (χ0v) is 11.3. The predicted molar refractivity (Wildman–Crippen MR) is 75.5 cm³/mol. The van der Waals surface area contributed by atoms with E-state index in [1.165, 1.54) is 12.3 Å². The van der Waals surface area contributed by atoms with Gasteiger partial charge in [0.15, 0.2) is 12.4 Å². The monoisotopic (exact) mass is 290 g/mol. The summed E-state index contributed by atoms with van der Waals surface area (Å²) in [6, 6.07) is 10.1. The number of nitrogens with zero attached hydrogens (tertiary/aromatic N) is 2. The van der Waals surface area contributed by atoms with Crippen molar-refractivity contribution in [3.63, 3.8) is 0 Å². The van der Waals surface area contributed by atoms with Gasteiger partial charge in [-0.05, 0) is 18.2 Å². The molecule has 0 aliphatic carbocycles. The van der Waals surface area contributed by atoms with E-state index in [1.807, 2.05) is 18.2 Å². The zero-order valence-electron chi connectivity index (χ0n) is 10.5. The van der Waals surface area contributed by atoms with Gasteiger partial charge in [-0.2, -0.15) is 9.67 Å². The fourth-order valence-electron chi connectivity index (χ4n) is 1.54. The van der Waals surface area contributed by atoms with E-state index in [-0.39, 0.29) is 18.2 Å². The van der Waals surface area contributed by atoms with Crippen LogP contribution >= 0.6 is 11.6 Å². The van der Waals surface area contributed by atoms with Crippen molar-refractivity contribution in [2.45, 2.75) is 6.54 Å². The Labute approximate surface area is 121 Å². The number of aromatic nitrogens is 1. The summed E-state index contributed by atoms with van der Waals surface area (Å²) < 4.78 is 1.72. The van der Waals surface area contributed by atoms with E-state index in [0.717, 1.165) is 0 Å². The van der Waals surface area contributed by atoms with Gasteiger partial charge in [-0.1, -0.05) is 17.7 Å². The minimum Gasteiger partial charge on any atom is -0.507 e. The highest BCUT2D eigenvalue weighted by molar-refractivity contribution is 6.30. The minimum absolute atomic E-state index is 0.0461. The van der Waals surface area contributed by atoms with Crippen LogP contribution < -0.4 is 9.99 Å². The molecular formula is C14H13ClN3O2+. The van der Waals surface area contributed by atoms with Gasteiger partial charge >= 0.3 is 5.91 Å². The number of hydrogen-bond donors (Lipinski definition) is 2. The van der Waals surface area contributed by atoms with Crippen molar-refractivity contribution in [2.24, 2.45) is 5.10 Å². The second kappa shape index (κ2) is 6.68. The van der Waals surface area contributed by atoms with Crippen LogP contribution in [0.4, 0.5) is 0 Å². The highest BCUT2D eigenvalue weighted by Crippen LogP contribution is 2.19. The van der Waals surface area contributed by atoms with E-state index in [9.17, 15) is 9.90 Å². The third kappa shape index (κ3) is 4.07. The fourth-order valence-corrected chi connectivity index (χ4v) is 1.72. The largest absolute Gasteiger partial charge is 0.507 e. The molecule has 0 radical (unpaired) electrons. The van der Waals surface area contributed by atoms with Gasteiger partial charge in [0.2, 0.25) is 6.54 Å². The number of hydrazone groups is 1. The molecule has 20 heavy (non-hydrogen) atoms. The number of amides is 1. The van der Waals surface area contributed by atoms with Crippen molar-refractivity contribution in [1.29, 1.82) is 0 Å². The van der Waals surface area contributed by atoms with Gasteiger partial charge in [0, 0.05) is 22.7 Å². The van der Waals surface area contributed by atoms with Crippen molar-refractivity contribution >= 4 is 23.7 Å². The second-order valence-corrected chi connectivity index (χ2v) is 4.48. The van der Waals surface area contributed by atoms with Crippen molar-refractivity contribution in [2.75, 3.05) is 0 Å². The van der Waals surface area contributed by atoms with Crippen molar-refractivity contribution < 1.29 is 14.5 Å². The number of benzene rings is 1. The number of aromatic hydroxyl groups is 1. The normalized spacial score (nSPS) is 10.7. The smallest absolute Gasteiger partial charge is 0.305 e. The molecule has 0 aliphatic rings. The molecule has 0 atom stereocenters. The molecule has 1 aromatic carbocycles. The number of nitrogens with one attached hydrogen (secondary N) is 1. The lowest BCUT2D eigenvalue weighted by molar-refractivity contribution is -0.684. The molecule has 2 aromatic rings. The molecule has 6 heteroatoms. The van der Waals surface area contributed by atoms with E-state index in [2.05, 4.69) is 10.5 Å². The Balaban J connectivity index is 1.93. The number of pyridine rings is 1. The maximum absolute atomic E-state index is 11.6. The van der Waals surface area contributed by atoms with Gasteiger partial charge in [-0.25, -0.2) is 5.43 Å². The summed E-state index contributed by atoms with van der Waals surface area (Å²) >= 11 is 5.80. The number of carbonyl (C=O) groups excluding carboxylic acids is 1. The predicted octanol–water partition coefficient (Wildman–Crippen LogP) is 1.48. The minimum atomic E-state index is -0.265. The molecule has 1 amide bonds. The van der Waals surface area contributed by atoms with Crippen LogP contribution in [-0.2, 0) is 11.3 Å². The van der Waals surface area contributed by atoms with Gasteiger partial charge in [-0.3, -0.25) is 4.79 Å². The van der Waals surface area contributed by atoms with E-state index in [1.54, 1.807) is 29.1 Å². The number of phenolic OH excluding ortho intramolecular Hbond substituents is 1. The van der Waals surface area contributed by atoms with Crippen molar-refractivity contribution in [3.8, 4) is 5.75 Å². The third-order valence-corrected chi connectivity index (χ3v) is 2.72. The van der Waals surface area contributed by atoms with E-state index in [4.69, 9.17) is 11.6 Å². The Morgan fingerprint density at radius 2 is 2.10 bits per heavy atom. The van der Waals surface area contributed by atoms with Crippen LogP contribution in [-0.4, -0.2) is 17.2 Å². The average molecular weight is 291 g/mol. The third-order valence-electron chi connectivity index (χ3n) is 2.49. The summed E-state index contributed by atoms with van der Waals surface area (Å²) in [7, 11) is 0. The highest BCUT2D eigenvalue weighted by Gasteiger charge is 2.06. The number of rotatable bonds is 4. The molecule has 5 nitrogen and oxygen atoms in total. The molecule has 0 unspecified atom stereocenters. The van der Waals surface area contributed by atoms with Crippen molar-refractivity contribution in [1.82, 2.24) is 5.43 Å². The average Bonchev–Trinajstić information content (AvgIpc) is 2.44. The van der Waals surface area contributed by atoms with Crippen LogP contribution in [0.1, 0.15) is 5.56 Å².